The zero-order valence-electron chi connectivity index (χ0n) is 17.0. The monoisotopic (exact) mass is 395 g/mol. The zero-order valence-corrected chi connectivity index (χ0v) is 17.0. The summed E-state index contributed by atoms with van der Waals surface area (Å²) in [5.41, 5.74) is 8.96. The molecule has 0 saturated carbocycles. The fraction of sp³-hybridized carbons (Fsp3) is 0.435. The Morgan fingerprint density at radius 3 is 2.59 bits per heavy atom. The van der Waals surface area contributed by atoms with Crippen molar-refractivity contribution in [3.63, 3.8) is 0 Å². The molecule has 29 heavy (non-hydrogen) atoms. The summed E-state index contributed by atoms with van der Waals surface area (Å²) in [6.45, 7) is 3.96. The van der Waals surface area contributed by atoms with Crippen molar-refractivity contribution in [3.8, 4) is 5.75 Å². The van der Waals surface area contributed by atoms with Crippen LogP contribution in [-0.2, 0) is 9.53 Å². The summed E-state index contributed by atoms with van der Waals surface area (Å²) in [5.74, 6) is 1.20. The van der Waals surface area contributed by atoms with Gasteiger partial charge in [-0.05, 0) is 30.2 Å². The Balaban J connectivity index is 1.43. The van der Waals surface area contributed by atoms with E-state index in [9.17, 15) is 4.79 Å². The van der Waals surface area contributed by atoms with Crippen molar-refractivity contribution in [2.75, 3.05) is 26.8 Å². The molecule has 2 aromatic rings. The molecule has 0 radical (unpaired) electrons. The standard InChI is InChI=1S/C23H29N3O3/c1-16-20(23(25-24-16)18-8-10-19(28-2)11-9-18)14-22(27)26-12-13-29-21(15-26)17-6-4-3-5-7-17/h3-11,16,20-21,23-25H,12-15H2,1-2H3. The lowest BCUT2D eigenvalue weighted by atomic mass is 9.87. The van der Waals surface area contributed by atoms with Crippen LogP contribution in [0.15, 0.2) is 54.6 Å². The van der Waals surface area contributed by atoms with E-state index in [2.05, 4.69) is 42.0 Å². The molecule has 4 atom stereocenters. The third-order valence-corrected chi connectivity index (χ3v) is 6.01. The second kappa shape index (κ2) is 8.95. The van der Waals surface area contributed by atoms with Crippen molar-refractivity contribution < 1.29 is 14.3 Å². The normalized spacial score (nSPS) is 27.0. The van der Waals surface area contributed by atoms with Crippen LogP contribution in [0.2, 0.25) is 0 Å². The summed E-state index contributed by atoms with van der Waals surface area (Å²) in [7, 11) is 1.67. The summed E-state index contributed by atoms with van der Waals surface area (Å²) < 4.78 is 11.2. The zero-order chi connectivity index (χ0) is 20.2. The Kier molecular flexibility index (Phi) is 6.13. The summed E-state index contributed by atoms with van der Waals surface area (Å²) in [4.78, 5) is 15.1. The van der Waals surface area contributed by atoms with E-state index in [0.717, 1.165) is 16.9 Å². The van der Waals surface area contributed by atoms with Crippen molar-refractivity contribution in [2.45, 2.75) is 31.5 Å². The van der Waals surface area contributed by atoms with Gasteiger partial charge in [0.2, 0.25) is 5.91 Å². The lowest BCUT2D eigenvalue weighted by molar-refractivity contribution is -0.140. The molecule has 4 unspecified atom stereocenters. The number of rotatable bonds is 5. The van der Waals surface area contributed by atoms with Crippen molar-refractivity contribution in [1.82, 2.24) is 15.8 Å². The predicted molar refractivity (Wildman–Crippen MR) is 111 cm³/mol. The van der Waals surface area contributed by atoms with Gasteiger partial charge < -0.3 is 14.4 Å². The first kappa shape index (κ1) is 19.9. The molecule has 2 aromatic carbocycles. The van der Waals surface area contributed by atoms with Crippen LogP contribution in [0.3, 0.4) is 0 Å². The van der Waals surface area contributed by atoms with Gasteiger partial charge in [-0.25, -0.2) is 5.43 Å². The van der Waals surface area contributed by atoms with Gasteiger partial charge in [0.1, 0.15) is 11.9 Å². The quantitative estimate of drug-likeness (QED) is 0.815. The number of carbonyl (C=O) groups excluding carboxylic acids is 1. The molecule has 2 aliphatic rings. The van der Waals surface area contributed by atoms with Crippen molar-refractivity contribution in [2.24, 2.45) is 5.92 Å². The molecule has 0 aromatic heterocycles. The molecule has 0 aliphatic carbocycles. The van der Waals surface area contributed by atoms with Gasteiger partial charge >= 0.3 is 0 Å². The van der Waals surface area contributed by atoms with E-state index in [4.69, 9.17) is 9.47 Å². The lowest BCUT2D eigenvalue weighted by Crippen LogP contribution is -2.43. The SMILES string of the molecule is COc1ccc(C2NNC(C)C2CC(=O)N2CCOC(c3ccccc3)C2)cc1. The lowest BCUT2D eigenvalue weighted by Gasteiger charge is -2.34. The number of hydrogen-bond acceptors (Lipinski definition) is 5. The first-order valence-corrected chi connectivity index (χ1v) is 10.2. The fourth-order valence-corrected chi connectivity index (χ4v) is 4.24. The first-order chi connectivity index (χ1) is 14.2. The molecule has 0 spiro atoms. The van der Waals surface area contributed by atoms with Gasteiger partial charge in [0.25, 0.3) is 0 Å². The van der Waals surface area contributed by atoms with Gasteiger partial charge in [0.15, 0.2) is 0 Å². The van der Waals surface area contributed by atoms with Crippen LogP contribution < -0.4 is 15.6 Å². The number of amides is 1. The Morgan fingerprint density at radius 1 is 1.10 bits per heavy atom. The predicted octanol–water partition coefficient (Wildman–Crippen LogP) is 2.84. The molecule has 2 fully saturated rings. The number of methoxy groups -OCH3 is 1. The Labute approximate surface area is 172 Å². The third-order valence-electron chi connectivity index (χ3n) is 6.01. The smallest absolute Gasteiger partial charge is 0.223 e. The van der Waals surface area contributed by atoms with Gasteiger partial charge in [0, 0.05) is 24.9 Å². The van der Waals surface area contributed by atoms with Crippen LogP contribution in [0, 0.1) is 5.92 Å². The molecule has 4 rings (SSSR count). The maximum atomic E-state index is 13.1. The molecule has 2 aliphatic heterocycles. The second-order valence-electron chi connectivity index (χ2n) is 7.81. The van der Waals surface area contributed by atoms with E-state index < -0.39 is 0 Å². The number of hydrogen-bond donors (Lipinski definition) is 2. The maximum absolute atomic E-state index is 13.1. The highest BCUT2D eigenvalue weighted by Gasteiger charge is 2.37. The molecular weight excluding hydrogens is 366 g/mol. The maximum Gasteiger partial charge on any atom is 0.223 e. The van der Waals surface area contributed by atoms with Crippen LogP contribution >= 0.6 is 0 Å². The molecule has 2 N–H and O–H groups in total. The summed E-state index contributed by atoms with van der Waals surface area (Å²) in [6.07, 6.45) is 0.447. The molecule has 2 saturated heterocycles. The van der Waals surface area contributed by atoms with Gasteiger partial charge in [-0.2, -0.15) is 0 Å². The average molecular weight is 396 g/mol. The molecule has 6 heteroatoms. The summed E-state index contributed by atoms with van der Waals surface area (Å²) >= 11 is 0. The number of benzene rings is 2. The van der Waals surface area contributed by atoms with E-state index in [1.807, 2.05) is 35.2 Å². The van der Waals surface area contributed by atoms with Crippen LogP contribution in [-0.4, -0.2) is 43.7 Å². The van der Waals surface area contributed by atoms with Crippen molar-refractivity contribution >= 4 is 5.91 Å². The minimum atomic E-state index is -0.0523. The highest BCUT2D eigenvalue weighted by molar-refractivity contribution is 5.77. The van der Waals surface area contributed by atoms with Crippen LogP contribution in [0.1, 0.15) is 36.6 Å². The van der Waals surface area contributed by atoms with E-state index in [1.54, 1.807) is 7.11 Å². The Hall–Kier alpha value is -2.41. The molecule has 1 amide bonds. The number of morpholine rings is 1. The minimum Gasteiger partial charge on any atom is -0.497 e. The minimum absolute atomic E-state index is 0.0523. The van der Waals surface area contributed by atoms with Gasteiger partial charge in [-0.1, -0.05) is 42.5 Å². The van der Waals surface area contributed by atoms with Crippen LogP contribution in [0.5, 0.6) is 5.75 Å². The number of hydrazine groups is 1. The molecule has 6 nitrogen and oxygen atoms in total. The summed E-state index contributed by atoms with van der Waals surface area (Å²) in [6, 6.07) is 18.5. The van der Waals surface area contributed by atoms with Gasteiger partial charge in [0.05, 0.1) is 26.3 Å². The molecule has 0 bridgehead atoms. The number of nitrogens with zero attached hydrogens (tertiary/aromatic N) is 1. The van der Waals surface area contributed by atoms with E-state index in [1.165, 1.54) is 0 Å². The first-order valence-electron chi connectivity index (χ1n) is 10.2. The van der Waals surface area contributed by atoms with Gasteiger partial charge in [-0.3, -0.25) is 10.2 Å². The third kappa shape index (κ3) is 4.45. The second-order valence-corrected chi connectivity index (χ2v) is 7.81. The Bertz CT molecular complexity index is 812. The highest BCUT2D eigenvalue weighted by Crippen LogP contribution is 2.33. The fourth-order valence-electron chi connectivity index (χ4n) is 4.24. The number of nitrogens with one attached hydrogen (secondary N) is 2. The van der Waals surface area contributed by atoms with Crippen molar-refractivity contribution in [1.29, 1.82) is 0 Å². The van der Waals surface area contributed by atoms with E-state index >= 15 is 0 Å². The molecule has 154 valence electrons. The summed E-state index contributed by atoms with van der Waals surface area (Å²) in [5, 5.41) is 0. The topological polar surface area (TPSA) is 62.8 Å². The largest absolute Gasteiger partial charge is 0.497 e. The van der Waals surface area contributed by atoms with E-state index in [0.29, 0.717) is 26.1 Å². The average Bonchev–Trinajstić information content (AvgIpc) is 3.14. The molecular formula is C23H29N3O3. The van der Waals surface area contributed by atoms with Crippen LogP contribution in [0.25, 0.3) is 0 Å². The molecule has 2 heterocycles. The van der Waals surface area contributed by atoms with Crippen LogP contribution in [0.4, 0.5) is 0 Å². The Morgan fingerprint density at radius 2 is 1.86 bits per heavy atom. The highest BCUT2D eigenvalue weighted by atomic mass is 16.5. The number of carbonyl (C=O) groups is 1. The number of ether oxygens (including phenoxy) is 2. The van der Waals surface area contributed by atoms with Gasteiger partial charge in [-0.15, -0.1) is 0 Å². The van der Waals surface area contributed by atoms with Crippen molar-refractivity contribution in [3.05, 3.63) is 65.7 Å². The van der Waals surface area contributed by atoms with E-state index in [-0.39, 0.29) is 30.0 Å².